The molecule has 22 heavy (non-hydrogen) atoms. The summed E-state index contributed by atoms with van der Waals surface area (Å²) in [5.74, 6) is 0. The fourth-order valence-electron chi connectivity index (χ4n) is 2.54. The minimum Gasteiger partial charge on any atom is -0.358 e. The van der Waals surface area contributed by atoms with Crippen molar-refractivity contribution in [2.24, 2.45) is 0 Å². The van der Waals surface area contributed by atoms with E-state index in [0.717, 1.165) is 36.9 Å². The van der Waals surface area contributed by atoms with E-state index in [9.17, 15) is 4.79 Å². The Labute approximate surface area is 129 Å². The van der Waals surface area contributed by atoms with E-state index in [4.69, 9.17) is 9.57 Å². The maximum absolute atomic E-state index is 11.6. The van der Waals surface area contributed by atoms with Crippen LogP contribution in [0.2, 0.25) is 0 Å². The molecule has 2 heterocycles. The van der Waals surface area contributed by atoms with Gasteiger partial charge in [-0.25, -0.2) is 15.1 Å². The van der Waals surface area contributed by atoms with Gasteiger partial charge in [-0.1, -0.05) is 18.2 Å². The Morgan fingerprint density at radius 1 is 1.36 bits per heavy atom. The summed E-state index contributed by atoms with van der Waals surface area (Å²) < 4.78 is 5.37. The second-order valence-electron chi connectivity index (χ2n) is 5.40. The zero-order valence-corrected chi connectivity index (χ0v) is 12.4. The summed E-state index contributed by atoms with van der Waals surface area (Å²) in [6.07, 6.45) is 3.34. The van der Waals surface area contributed by atoms with Crippen LogP contribution < -0.4 is 10.8 Å². The summed E-state index contributed by atoms with van der Waals surface area (Å²) in [5.41, 5.74) is 4.59. The van der Waals surface area contributed by atoms with Crippen molar-refractivity contribution in [3.8, 4) is 0 Å². The number of benzene rings is 1. The number of aromatic amines is 1. The molecular weight excluding hydrogens is 282 g/mol. The number of aromatic nitrogens is 1. The molecule has 0 aliphatic carbocycles. The number of hydroxylamine groups is 1. The van der Waals surface area contributed by atoms with E-state index in [2.05, 4.69) is 27.9 Å². The zero-order chi connectivity index (χ0) is 15.2. The average Bonchev–Trinajstić information content (AvgIpc) is 2.96. The molecule has 1 aliphatic heterocycles. The highest BCUT2D eigenvalue weighted by Crippen LogP contribution is 2.14. The molecule has 3 N–H and O–H groups in total. The Hall–Kier alpha value is -2.05. The van der Waals surface area contributed by atoms with Crippen LogP contribution in [-0.2, 0) is 16.0 Å². The number of nitrogens with one attached hydrogen (secondary N) is 3. The van der Waals surface area contributed by atoms with Crippen molar-refractivity contribution in [3.63, 3.8) is 0 Å². The number of para-hydroxylation sites is 1. The van der Waals surface area contributed by atoms with E-state index in [1.165, 1.54) is 5.39 Å². The van der Waals surface area contributed by atoms with E-state index in [1.54, 1.807) is 0 Å². The molecule has 1 atom stereocenters. The second-order valence-corrected chi connectivity index (χ2v) is 5.40. The smallest absolute Gasteiger partial charge is 0.338 e. The molecular formula is C16H21N3O3. The van der Waals surface area contributed by atoms with E-state index in [0.29, 0.717) is 13.2 Å². The lowest BCUT2D eigenvalue weighted by Crippen LogP contribution is -2.40. The van der Waals surface area contributed by atoms with Gasteiger partial charge in [-0.15, -0.1) is 0 Å². The third-order valence-electron chi connectivity index (χ3n) is 3.69. The molecule has 3 rings (SSSR count). The van der Waals surface area contributed by atoms with Crippen molar-refractivity contribution < 1.29 is 14.4 Å². The van der Waals surface area contributed by atoms with Crippen LogP contribution in [0.5, 0.6) is 0 Å². The number of H-pyrrole nitrogens is 1. The van der Waals surface area contributed by atoms with Gasteiger partial charge in [0.15, 0.2) is 6.29 Å². The molecule has 1 aromatic carbocycles. The van der Waals surface area contributed by atoms with Crippen molar-refractivity contribution >= 4 is 16.9 Å². The summed E-state index contributed by atoms with van der Waals surface area (Å²) in [7, 11) is 0. The molecule has 0 saturated carbocycles. The Kier molecular flexibility index (Phi) is 4.92. The molecule has 0 bridgehead atoms. The van der Waals surface area contributed by atoms with Gasteiger partial charge >= 0.3 is 6.03 Å². The molecule has 1 saturated heterocycles. The van der Waals surface area contributed by atoms with E-state index >= 15 is 0 Å². The van der Waals surface area contributed by atoms with Crippen LogP contribution >= 0.6 is 0 Å². The largest absolute Gasteiger partial charge is 0.358 e. The molecule has 0 spiro atoms. The van der Waals surface area contributed by atoms with E-state index in [1.807, 2.05) is 18.2 Å². The van der Waals surface area contributed by atoms with Crippen LogP contribution in [0.4, 0.5) is 4.79 Å². The number of amides is 2. The Morgan fingerprint density at radius 3 is 3.09 bits per heavy atom. The molecule has 0 unspecified atom stereocenters. The van der Waals surface area contributed by atoms with E-state index in [-0.39, 0.29) is 12.3 Å². The summed E-state index contributed by atoms with van der Waals surface area (Å²) in [4.78, 5) is 20.2. The fraction of sp³-hybridized carbons (Fsp3) is 0.438. The fourth-order valence-corrected chi connectivity index (χ4v) is 2.54. The van der Waals surface area contributed by atoms with Crippen LogP contribution in [0, 0.1) is 0 Å². The number of rotatable bonds is 5. The van der Waals surface area contributed by atoms with Crippen molar-refractivity contribution in [1.29, 1.82) is 0 Å². The van der Waals surface area contributed by atoms with Crippen LogP contribution in [0.3, 0.4) is 0 Å². The van der Waals surface area contributed by atoms with Crippen LogP contribution in [-0.4, -0.2) is 30.5 Å². The lowest BCUT2D eigenvalue weighted by atomic mass is 10.2. The lowest BCUT2D eigenvalue weighted by Gasteiger charge is -2.22. The molecule has 0 radical (unpaired) electrons. The SMILES string of the molecule is O=C(NCCc1cc2ccccc2[nH]1)NO[C@H]1CCCCO1. The number of carbonyl (C=O) groups excluding carboxylic acids is 1. The predicted molar refractivity (Wildman–Crippen MR) is 83.2 cm³/mol. The number of hydrogen-bond acceptors (Lipinski definition) is 3. The van der Waals surface area contributed by atoms with Crippen LogP contribution in [0.15, 0.2) is 30.3 Å². The first-order chi connectivity index (χ1) is 10.8. The minimum atomic E-state index is -0.342. The topological polar surface area (TPSA) is 75.4 Å². The van der Waals surface area contributed by atoms with Gasteiger partial charge in [0.05, 0.1) is 0 Å². The van der Waals surface area contributed by atoms with Crippen molar-refractivity contribution in [1.82, 2.24) is 15.8 Å². The van der Waals surface area contributed by atoms with Gasteiger partial charge in [-0.05, 0) is 30.4 Å². The molecule has 118 valence electrons. The quantitative estimate of drug-likeness (QED) is 0.743. The third kappa shape index (κ3) is 3.99. The van der Waals surface area contributed by atoms with E-state index < -0.39 is 0 Å². The molecule has 1 aromatic heterocycles. The Morgan fingerprint density at radius 2 is 2.27 bits per heavy atom. The summed E-state index contributed by atoms with van der Waals surface area (Å²) >= 11 is 0. The second kappa shape index (κ2) is 7.29. The highest BCUT2D eigenvalue weighted by molar-refractivity contribution is 5.80. The van der Waals surface area contributed by atoms with Gasteiger partial charge in [-0.3, -0.25) is 0 Å². The zero-order valence-electron chi connectivity index (χ0n) is 12.4. The number of urea groups is 1. The normalized spacial score (nSPS) is 18.3. The molecule has 1 aliphatic rings. The Balaban J connectivity index is 1.37. The summed E-state index contributed by atoms with van der Waals surface area (Å²) in [5, 5.41) is 3.94. The monoisotopic (exact) mass is 303 g/mol. The molecule has 1 fully saturated rings. The maximum Gasteiger partial charge on any atom is 0.338 e. The maximum atomic E-state index is 11.6. The first-order valence-electron chi connectivity index (χ1n) is 7.69. The Bertz CT molecular complexity index is 587. The number of fused-ring (bicyclic) bond motifs is 1. The molecule has 6 nitrogen and oxygen atoms in total. The number of hydrogen-bond donors (Lipinski definition) is 3. The molecule has 2 aromatic rings. The minimum absolute atomic E-state index is 0.326. The van der Waals surface area contributed by atoms with Crippen molar-refractivity contribution in [2.75, 3.05) is 13.2 Å². The number of carbonyl (C=O) groups is 1. The first kappa shape index (κ1) is 14.9. The predicted octanol–water partition coefficient (Wildman–Crippen LogP) is 2.47. The van der Waals surface area contributed by atoms with Crippen molar-refractivity contribution in [3.05, 3.63) is 36.0 Å². The lowest BCUT2D eigenvalue weighted by molar-refractivity contribution is -0.186. The van der Waals surface area contributed by atoms with Gasteiger partial charge in [0.2, 0.25) is 0 Å². The van der Waals surface area contributed by atoms with Gasteiger partial charge in [0.25, 0.3) is 0 Å². The van der Waals surface area contributed by atoms with Crippen LogP contribution in [0.25, 0.3) is 10.9 Å². The average molecular weight is 303 g/mol. The summed E-state index contributed by atoms with van der Waals surface area (Å²) in [6.45, 7) is 1.22. The van der Waals surface area contributed by atoms with Gasteiger partial charge < -0.3 is 15.0 Å². The van der Waals surface area contributed by atoms with Crippen LogP contribution in [0.1, 0.15) is 25.0 Å². The highest BCUT2D eigenvalue weighted by atomic mass is 16.8. The number of ether oxygens (including phenoxy) is 1. The van der Waals surface area contributed by atoms with Crippen molar-refractivity contribution in [2.45, 2.75) is 32.0 Å². The van der Waals surface area contributed by atoms with Gasteiger partial charge in [-0.2, -0.15) is 0 Å². The first-order valence-corrected chi connectivity index (χ1v) is 7.69. The van der Waals surface area contributed by atoms with Gasteiger partial charge in [0.1, 0.15) is 0 Å². The molecule has 2 amide bonds. The summed E-state index contributed by atoms with van der Waals surface area (Å²) in [6, 6.07) is 9.87. The third-order valence-corrected chi connectivity index (χ3v) is 3.69. The standard InChI is InChI=1S/C16H21N3O3/c20-16(19-22-15-7-3-4-10-21-15)17-9-8-13-11-12-5-1-2-6-14(12)18-13/h1-2,5-6,11,15,18H,3-4,7-10H2,(H2,17,19,20)/t15-/m0/s1. The highest BCUT2D eigenvalue weighted by Gasteiger charge is 2.15. The van der Waals surface area contributed by atoms with Gasteiger partial charge in [0, 0.05) is 37.2 Å². The molecule has 6 heteroatoms.